The van der Waals surface area contributed by atoms with Crippen molar-refractivity contribution in [2.24, 2.45) is 5.10 Å². The number of nitro groups is 1. The molecule has 0 unspecified atom stereocenters. The Morgan fingerprint density at radius 3 is 2.83 bits per heavy atom. The average Bonchev–Trinajstić information content (AvgIpc) is 2.34. The van der Waals surface area contributed by atoms with Crippen molar-refractivity contribution in [3.63, 3.8) is 0 Å². The van der Waals surface area contributed by atoms with Gasteiger partial charge in [0.05, 0.1) is 4.92 Å². The Hall–Kier alpha value is -2.44. The van der Waals surface area contributed by atoms with Gasteiger partial charge in [0.1, 0.15) is 5.69 Å². The zero-order valence-electron chi connectivity index (χ0n) is 9.55. The number of anilines is 1. The molecular weight excluding hydrogens is 236 g/mol. The van der Waals surface area contributed by atoms with Gasteiger partial charge in [-0.3, -0.25) is 14.9 Å². The standard InChI is InChI=1S/C11H12N4O3/c12-9-3-1-7(6-10(9)15(17)18)5-8-2-4-11(16)14-13-8/h1,3,6H,2,4-5,12H2,(H,14,16). The molecule has 1 aliphatic heterocycles. The van der Waals surface area contributed by atoms with Crippen molar-refractivity contribution in [1.29, 1.82) is 0 Å². The van der Waals surface area contributed by atoms with Crippen LogP contribution in [-0.4, -0.2) is 16.5 Å². The quantitative estimate of drug-likeness (QED) is 0.472. The number of hydrogen-bond donors (Lipinski definition) is 2. The van der Waals surface area contributed by atoms with Gasteiger partial charge in [0.2, 0.25) is 5.91 Å². The summed E-state index contributed by atoms with van der Waals surface area (Å²) in [6, 6.07) is 4.67. The van der Waals surface area contributed by atoms with Gasteiger partial charge in [-0.25, -0.2) is 5.43 Å². The number of benzene rings is 1. The summed E-state index contributed by atoms with van der Waals surface area (Å²) >= 11 is 0. The van der Waals surface area contributed by atoms with Gasteiger partial charge >= 0.3 is 0 Å². The Balaban J connectivity index is 2.17. The second-order valence-electron chi connectivity index (χ2n) is 4.04. The van der Waals surface area contributed by atoms with E-state index in [1.807, 2.05) is 0 Å². The number of rotatable bonds is 3. The van der Waals surface area contributed by atoms with Crippen molar-refractivity contribution in [3.8, 4) is 0 Å². The van der Waals surface area contributed by atoms with Crippen molar-refractivity contribution in [3.05, 3.63) is 33.9 Å². The lowest BCUT2D eigenvalue weighted by Crippen LogP contribution is -2.26. The molecular formula is C11H12N4O3. The van der Waals surface area contributed by atoms with E-state index in [9.17, 15) is 14.9 Å². The van der Waals surface area contributed by atoms with Crippen LogP contribution in [0.4, 0.5) is 11.4 Å². The monoisotopic (exact) mass is 248 g/mol. The number of amides is 1. The predicted molar refractivity (Wildman–Crippen MR) is 66.0 cm³/mol. The summed E-state index contributed by atoms with van der Waals surface area (Å²) in [6.45, 7) is 0. The van der Waals surface area contributed by atoms with Crippen LogP contribution in [0.25, 0.3) is 0 Å². The first-order valence-electron chi connectivity index (χ1n) is 5.43. The number of hydrogen-bond acceptors (Lipinski definition) is 5. The van der Waals surface area contributed by atoms with Crippen LogP contribution < -0.4 is 11.2 Å². The van der Waals surface area contributed by atoms with E-state index in [4.69, 9.17) is 5.73 Å². The Morgan fingerprint density at radius 1 is 1.44 bits per heavy atom. The molecule has 0 aromatic heterocycles. The third kappa shape index (κ3) is 2.62. The molecule has 1 amide bonds. The van der Waals surface area contributed by atoms with E-state index in [1.54, 1.807) is 6.07 Å². The average molecular weight is 248 g/mol. The van der Waals surface area contributed by atoms with Gasteiger partial charge in [0.25, 0.3) is 5.69 Å². The fourth-order valence-corrected chi connectivity index (χ4v) is 1.73. The molecule has 7 nitrogen and oxygen atoms in total. The molecule has 1 aromatic rings. The summed E-state index contributed by atoms with van der Waals surface area (Å²) in [5, 5.41) is 14.7. The van der Waals surface area contributed by atoms with E-state index in [2.05, 4.69) is 10.5 Å². The highest BCUT2D eigenvalue weighted by Crippen LogP contribution is 2.23. The highest BCUT2D eigenvalue weighted by atomic mass is 16.6. The van der Waals surface area contributed by atoms with Gasteiger partial charge in [-0.05, 0) is 18.1 Å². The number of nitro benzene ring substituents is 1. The van der Waals surface area contributed by atoms with Crippen LogP contribution in [-0.2, 0) is 11.2 Å². The third-order valence-electron chi connectivity index (χ3n) is 2.68. The number of nitrogen functional groups attached to an aromatic ring is 1. The minimum atomic E-state index is -0.511. The van der Waals surface area contributed by atoms with E-state index in [1.165, 1.54) is 12.1 Å². The van der Waals surface area contributed by atoms with Gasteiger partial charge in [0, 0.05) is 24.6 Å². The van der Waals surface area contributed by atoms with Crippen LogP contribution in [0.3, 0.4) is 0 Å². The molecule has 2 rings (SSSR count). The molecule has 0 fully saturated rings. The van der Waals surface area contributed by atoms with Crippen molar-refractivity contribution < 1.29 is 9.72 Å². The SMILES string of the molecule is Nc1ccc(CC2=NNC(=O)CC2)cc1[N+](=O)[O-]. The topological polar surface area (TPSA) is 111 Å². The van der Waals surface area contributed by atoms with E-state index in [0.717, 1.165) is 11.3 Å². The van der Waals surface area contributed by atoms with E-state index >= 15 is 0 Å². The molecule has 0 spiro atoms. The maximum absolute atomic E-state index is 10.9. The van der Waals surface area contributed by atoms with Gasteiger partial charge < -0.3 is 5.73 Å². The number of hydrazone groups is 1. The largest absolute Gasteiger partial charge is 0.393 e. The van der Waals surface area contributed by atoms with Crippen LogP contribution in [0, 0.1) is 10.1 Å². The van der Waals surface area contributed by atoms with Crippen LogP contribution in [0.15, 0.2) is 23.3 Å². The molecule has 0 bridgehead atoms. The molecule has 18 heavy (non-hydrogen) atoms. The Morgan fingerprint density at radius 2 is 2.22 bits per heavy atom. The molecule has 0 aliphatic carbocycles. The number of nitrogens with two attached hydrogens (primary N) is 1. The second-order valence-corrected chi connectivity index (χ2v) is 4.04. The van der Waals surface area contributed by atoms with E-state index in [0.29, 0.717) is 19.3 Å². The minimum absolute atomic E-state index is 0.104. The van der Waals surface area contributed by atoms with Gasteiger partial charge in [-0.1, -0.05) is 6.07 Å². The number of nitrogens with zero attached hydrogens (tertiary/aromatic N) is 2. The van der Waals surface area contributed by atoms with Gasteiger partial charge in [-0.2, -0.15) is 5.10 Å². The van der Waals surface area contributed by atoms with Gasteiger partial charge in [0.15, 0.2) is 0 Å². The van der Waals surface area contributed by atoms with Crippen LogP contribution in [0.1, 0.15) is 18.4 Å². The zero-order valence-corrected chi connectivity index (χ0v) is 9.55. The van der Waals surface area contributed by atoms with E-state index < -0.39 is 4.92 Å². The highest BCUT2D eigenvalue weighted by molar-refractivity contribution is 5.93. The maximum Gasteiger partial charge on any atom is 0.292 e. The van der Waals surface area contributed by atoms with Crippen LogP contribution in [0.2, 0.25) is 0 Å². The molecule has 94 valence electrons. The lowest BCUT2D eigenvalue weighted by molar-refractivity contribution is -0.383. The molecule has 0 saturated carbocycles. The molecule has 1 aliphatic rings. The summed E-state index contributed by atoms with van der Waals surface area (Å²) in [4.78, 5) is 21.2. The molecule has 7 heteroatoms. The van der Waals surface area contributed by atoms with Crippen LogP contribution in [0.5, 0.6) is 0 Å². The predicted octanol–water partition coefficient (Wildman–Crippen LogP) is 0.985. The summed E-state index contributed by atoms with van der Waals surface area (Å²) < 4.78 is 0. The van der Waals surface area contributed by atoms with Crippen LogP contribution >= 0.6 is 0 Å². The Labute approximate surface area is 103 Å². The Bertz CT molecular complexity index is 539. The number of nitrogens with one attached hydrogen (secondary N) is 1. The molecule has 0 atom stereocenters. The Kier molecular flexibility index (Phi) is 3.22. The lowest BCUT2D eigenvalue weighted by atomic mass is 10.0. The molecule has 0 saturated heterocycles. The molecule has 3 N–H and O–H groups in total. The third-order valence-corrected chi connectivity index (χ3v) is 2.68. The first-order valence-corrected chi connectivity index (χ1v) is 5.43. The smallest absolute Gasteiger partial charge is 0.292 e. The van der Waals surface area contributed by atoms with Crippen molar-refractivity contribution in [1.82, 2.24) is 5.43 Å². The number of carbonyl (C=O) groups is 1. The molecule has 0 radical (unpaired) electrons. The van der Waals surface area contributed by atoms with E-state index in [-0.39, 0.29) is 17.3 Å². The fraction of sp³-hybridized carbons (Fsp3) is 0.273. The summed E-state index contributed by atoms with van der Waals surface area (Å²) in [6.07, 6.45) is 1.45. The normalized spacial score (nSPS) is 14.9. The molecule has 1 aromatic carbocycles. The van der Waals surface area contributed by atoms with Crippen molar-refractivity contribution >= 4 is 23.0 Å². The minimum Gasteiger partial charge on any atom is -0.393 e. The first kappa shape index (κ1) is 12.0. The van der Waals surface area contributed by atoms with Crippen molar-refractivity contribution in [2.75, 3.05) is 5.73 Å². The fourth-order valence-electron chi connectivity index (χ4n) is 1.73. The lowest BCUT2D eigenvalue weighted by Gasteiger charge is -2.11. The summed E-state index contributed by atoms with van der Waals surface area (Å²) in [5.74, 6) is -0.109. The summed E-state index contributed by atoms with van der Waals surface area (Å²) in [7, 11) is 0. The molecule has 1 heterocycles. The second kappa shape index (κ2) is 4.82. The number of carbonyl (C=O) groups excluding carboxylic acids is 1. The van der Waals surface area contributed by atoms with Gasteiger partial charge in [-0.15, -0.1) is 0 Å². The first-order chi connectivity index (χ1) is 8.56. The summed E-state index contributed by atoms with van der Waals surface area (Å²) in [5.41, 5.74) is 9.50. The zero-order chi connectivity index (χ0) is 13.1. The highest BCUT2D eigenvalue weighted by Gasteiger charge is 2.15. The van der Waals surface area contributed by atoms with Crippen molar-refractivity contribution in [2.45, 2.75) is 19.3 Å². The maximum atomic E-state index is 10.9.